The van der Waals surface area contributed by atoms with Gasteiger partial charge in [0.05, 0.1) is 11.5 Å². The van der Waals surface area contributed by atoms with Crippen molar-refractivity contribution in [2.24, 2.45) is 0 Å². The lowest BCUT2D eigenvalue weighted by atomic mass is 10.1. The lowest BCUT2D eigenvalue weighted by Gasteiger charge is -2.11. The van der Waals surface area contributed by atoms with Crippen LogP contribution in [0, 0.1) is 5.82 Å². The Morgan fingerprint density at radius 3 is 2.75 bits per heavy atom. The molecule has 126 valence electrons. The van der Waals surface area contributed by atoms with Crippen LogP contribution < -0.4 is 5.32 Å². The van der Waals surface area contributed by atoms with Gasteiger partial charge in [0.2, 0.25) is 0 Å². The number of rotatable bonds is 4. The molecule has 5 nitrogen and oxygen atoms in total. The second kappa shape index (κ2) is 6.68. The summed E-state index contributed by atoms with van der Waals surface area (Å²) in [4.78, 5) is 16.5. The number of hydrogen-bond donors (Lipinski definition) is 1. The zero-order valence-corrected chi connectivity index (χ0v) is 13.7. The monoisotopic (exact) mass is 348 g/mol. The van der Waals surface area contributed by atoms with E-state index >= 15 is 0 Å². The lowest BCUT2D eigenvalue weighted by molar-refractivity contribution is 0.0936. The first-order valence-corrected chi connectivity index (χ1v) is 9.45. The standard InChI is InChI=1S/C17H17FN2O3S/c18-13-4-1-3-12(9-13)10-14-5-2-6-16(19-14)17(21)20-15-7-8-24(22,23)11-15/h1-6,9,15H,7-8,10-11H2,(H,20,21). The summed E-state index contributed by atoms with van der Waals surface area (Å²) >= 11 is 0. The summed E-state index contributed by atoms with van der Waals surface area (Å²) in [6, 6.07) is 10.9. The summed E-state index contributed by atoms with van der Waals surface area (Å²) in [6.07, 6.45) is 0.841. The minimum absolute atomic E-state index is 0.0261. The van der Waals surface area contributed by atoms with Gasteiger partial charge in [0, 0.05) is 18.2 Å². The Hall–Kier alpha value is -2.28. The van der Waals surface area contributed by atoms with Gasteiger partial charge >= 0.3 is 0 Å². The summed E-state index contributed by atoms with van der Waals surface area (Å²) in [5, 5.41) is 2.71. The number of carbonyl (C=O) groups excluding carboxylic acids is 1. The summed E-state index contributed by atoms with van der Waals surface area (Å²) in [5.41, 5.74) is 1.64. The molecule has 1 N–H and O–H groups in total. The van der Waals surface area contributed by atoms with Crippen molar-refractivity contribution in [3.8, 4) is 0 Å². The molecule has 0 saturated carbocycles. The summed E-state index contributed by atoms with van der Waals surface area (Å²) in [5.74, 6) is -0.630. The Kier molecular flexibility index (Phi) is 4.62. The second-order valence-electron chi connectivity index (χ2n) is 5.89. The van der Waals surface area contributed by atoms with E-state index < -0.39 is 15.7 Å². The Morgan fingerprint density at radius 1 is 1.25 bits per heavy atom. The molecule has 1 amide bonds. The van der Waals surface area contributed by atoms with E-state index in [-0.39, 0.29) is 29.1 Å². The van der Waals surface area contributed by atoms with Crippen molar-refractivity contribution in [1.82, 2.24) is 10.3 Å². The highest BCUT2D eigenvalue weighted by atomic mass is 32.2. The minimum atomic E-state index is -3.05. The topological polar surface area (TPSA) is 76.1 Å². The average molecular weight is 348 g/mol. The van der Waals surface area contributed by atoms with Crippen LogP contribution in [0.3, 0.4) is 0 Å². The van der Waals surface area contributed by atoms with E-state index in [1.54, 1.807) is 30.3 Å². The number of hydrogen-bond acceptors (Lipinski definition) is 4. The fraction of sp³-hybridized carbons (Fsp3) is 0.294. The van der Waals surface area contributed by atoms with Crippen LogP contribution in [0.5, 0.6) is 0 Å². The van der Waals surface area contributed by atoms with Crippen LogP contribution in [0.25, 0.3) is 0 Å². The summed E-state index contributed by atoms with van der Waals surface area (Å²) in [6.45, 7) is 0. The zero-order valence-electron chi connectivity index (χ0n) is 12.9. The summed E-state index contributed by atoms with van der Waals surface area (Å²) in [7, 11) is -3.05. The third-order valence-electron chi connectivity index (χ3n) is 3.88. The van der Waals surface area contributed by atoms with Crippen LogP contribution in [0.4, 0.5) is 4.39 Å². The molecule has 0 aliphatic carbocycles. The fourth-order valence-electron chi connectivity index (χ4n) is 2.73. The van der Waals surface area contributed by atoms with Crippen molar-refractivity contribution in [2.45, 2.75) is 18.9 Å². The molecule has 1 atom stereocenters. The van der Waals surface area contributed by atoms with Crippen molar-refractivity contribution in [3.05, 3.63) is 65.2 Å². The first-order valence-electron chi connectivity index (χ1n) is 7.63. The molecule has 2 heterocycles. The molecule has 0 radical (unpaired) electrons. The number of carbonyl (C=O) groups is 1. The Bertz CT molecular complexity index is 868. The molecule has 0 bridgehead atoms. The number of aromatic nitrogens is 1. The second-order valence-corrected chi connectivity index (χ2v) is 8.12. The number of pyridine rings is 1. The van der Waals surface area contributed by atoms with E-state index in [2.05, 4.69) is 10.3 Å². The van der Waals surface area contributed by atoms with E-state index in [0.29, 0.717) is 18.5 Å². The number of benzene rings is 1. The third kappa shape index (κ3) is 4.17. The van der Waals surface area contributed by atoms with Crippen LogP contribution in [0.1, 0.15) is 28.2 Å². The zero-order chi connectivity index (χ0) is 17.2. The van der Waals surface area contributed by atoms with E-state index in [0.717, 1.165) is 5.56 Å². The predicted molar refractivity (Wildman–Crippen MR) is 88.0 cm³/mol. The molecule has 1 aromatic heterocycles. The van der Waals surface area contributed by atoms with Gasteiger partial charge < -0.3 is 5.32 Å². The van der Waals surface area contributed by atoms with Gasteiger partial charge in [0.25, 0.3) is 5.91 Å². The number of nitrogens with zero attached hydrogens (tertiary/aromatic N) is 1. The molecule has 1 saturated heterocycles. The molecule has 0 spiro atoms. The highest BCUT2D eigenvalue weighted by Gasteiger charge is 2.29. The fourth-order valence-corrected chi connectivity index (χ4v) is 4.40. The van der Waals surface area contributed by atoms with Gasteiger partial charge in [-0.2, -0.15) is 0 Å². The van der Waals surface area contributed by atoms with Gasteiger partial charge in [-0.3, -0.25) is 4.79 Å². The Morgan fingerprint density at radius 2 is 2.04 bits per heavy atom. The van der Waals surface area contributed by atoms with Gasteiger partial charge in [-0.1, -0.05) is 18.2 Å². The van der Waals surface area contributed by atoms with Crippen molar-refractivity contribution in [1.29, 1.82) is 0 Å². The number of sulfone groups is 1. The SMILES string of the molecule is O=C(NC1CCS(=O)(=O)C1)c1cccc(Cc2cccc(F)c2)n1. The first kappa shape index (κ1) is 16.6. The highest BCUT2D eigenvalue weighted by Crippen LogP contribution is 2.13. The van der Waals surface area contributed by atoms with Crippen molar-refractivity contribution in [2.75, 3.05) is 11.5 Å². The van der Waals surface area contributed by atoms with Crippen molar-refractivity contribution in [3.63, 3.8) is 0 Å². The molecular weight excluding hydrogens is 331 g/mol. The Balaban J connectivity index is 1.69. The third-order valence-corrected chi connectivity index (χ3v) is 5.65. The number of amides is 1. The number of nitrogens with one attached hydrogen (secondary N) is 1. The maximum atomic E-state index is 13.2. The predicted octanol–water partition coefficient (Wildman–Crippen LogP) is 1.73. The van der Waals surface area contributed by atoms with Gasteiger partial charge in [-0.05, 0) is 36.2 Å². The van der Waals surface area contributed by atoms with Crippen LogP contribution >= 0.6 is 0 Å². The van der Waals surface area contributed by atoms with Gasteiger partial charge in [0.1, 0.15) is 11.5 Å². The lowest BCUT2D eigenvalue weighted by Crippen LogP contribution is -2.36. The summed E-state index contributed by atoms with van der Waals surface area (Å²) < 4.78 is 36.1. The van der Waals surface area contributed by atoms with Crippen molar-refractivity contribution < 1.29 is 17.6 Å². The molecule has 2 aromatic rings. The van der Waals surface area contributed by atoms with Crippen LogP contribution in [0.15, 0.2) is 42.5 Å². The van der Waals surface area contributed by atoms with E-state index in [1.807, 2.05) is 0 Å². The normalized spacial score (nSPS) is 19.1. The molecule has 1 aromatic carbocycles. The smallest absolute Gasteiger partial charge is 0.270 e. The molecule has 1 fully saturated rings. The number of halogens is 1. The van der Waals surface area contributed by atoms with Crippen LogP contribution in [-0.4, -0.2) is 36.9 Å². The largest absolute Gasteiger partial charge is 0.347 e. The molecule has 1 aliphatic heterocycles. The average Bonchev–Trinajstić information content (AvgIpc) is 2.86. The van der Waals surface area contributed by atoms with Gasteiger partial charge in [-0.15, -0.1) is 0 Å². The van der Waals surface area contributed by atoms with E-state index in [9.17, 15) is 17.6 Å². The van der Waals surface area contributed by atoms with Crippen LogP contribution in [-0.2, 0) is 16.3 Å². The molecule has 1 aliphatic rings. The Labute approximate surface area is 139 Å². The molecule has 24 heavy (non-hydrogen) atoms. The quantitative estimate of drug-likeness (QED) is 0.913. The molecular formula is C17H17FN2O3S. The highest BCUT2D eigenvalue weighted by molar-refractivity contribution is 7.91. The minimum Gasteiger partial charge on any atom is -0.347 e. The van der Waals surface area contributed by atoms with Crippen molar-refractivity contribution >= 4 is 15.7 Å². The first-order chi connectivity index (χ1) is 11.4. The van der Waals surface area contributed by atoms with Crippen LogP contribution in [0.2, 0.25) is 0 Å². The van der Waals surface area contributed by atoms with Gasteiger partial charge in [0.15, 0.2) is 9.84 Å². The van der Waals surface area contributed by atoms with E-state index in [1.165, 1.54) is 12.1 Å². The molecule has 3 rings (SSSR count). The maximum absolute atomic E-state index is 13.2. The molecule has 7 heteroatoms. The van der Waals surface area contributed by atoms with E-state index in [4.69, 9.17) is 0 Å². The van der Waals surface area contributed by atoms with Gasteiger partial charge in [-0.25, -0.2) is 17.8 Å². The maximum Gasteiger partial charge on any atom is 0.270 e. The molecule has 1 unspecified atom stereocenters.